The number of ether oxygens (including phenoxy) is 1. The van der Waals surface area contributed by atoms with Crippen molar-refractivity contribution < 1.29 is 14.6 Å². The Morgan fingerprint density at radius 3 is 3.05 bits per heavy atom. The molecule has 4 nitrogen and oxygen atoms in total. The number of halogens is 2. The van der Waals surface area contributed by atoms with Gasteiger partial charge in [-0.15, -0.1) is 0 Å². The average molecular weight is 363 g/mol. The summed E-state index contributed by atoms with van der Waals surface area (Å²) in [4.78, 5) is 13.1. The van der Waals surface area contributed by atoms with Gasteiger partial charge < -0.3 is 9.84 Å². The number of hydrogen-bond acceptors (Lipinski definition) is 3. The molecule has 0 spiro atoms. The van der Waals surface area contributed by atoms with E-state index in [1.807, 2.05) is 6.07 Å². The van der Waals surface area contributed by atoms with Crippen LogP contribution in [0.3, 0.4) is 0 Å². The molecule has 1 heterocycles. The van der Waals surface area contributed by atoms with Crippen molar-refractivity contribution in [1.82, 2.24) is 4.90 Å². The van der Waals surface area contributed by atoms with E-state index in [2.05, 4.69) is 20.8 Å². The number of carboxylic acids is 1. The molecule has 1 aliphatic heterocycles. The van der Waals surface area contributed by atoms with Gasteiger partial charge in [-0.2, -0.15) is 0 Å². The first kappa shape index (κ1) is 15.6. The van der Waals surface area contributed by atoms with E-state index >= 15 is 0 Å². The van der Waals surface area contributed by atoms with E-state index < -0.39 is 5.97 Å². The van der Waals surface area contributed by atoms with Crippen molar-refractivity contribution in [3.8, 4) is 5.75 Å². The average Bonchev–Trinajstić information content (AvgIpc) is 2.41. The van der Waals surface area contributed by atoms with Gasteiger partial charge in [-0.3, -0.25) is 9.69 Å². The van der Waals surface area contributed by atoms with Gasteiger partial charge in [0.15, 0.2) is 0 Å². The molecule has 2 rings (SSSR count). The van der Waals surface area contributed by atoms with Gasteiger partial charge >= 0.3 is 5.97 Å². The smallest absolute Gasteiger partial charge is 0.307 e. The number of carboxylic acid groups (broad SMARTS) is 1. The summed E-state index contributed by atoms with van der Waals surface area (Å²) in [5.74, 6) is -0.191. The summed E-state index contributed by atoms with van der Waals surface area (Å²) in [6, 6.07) is 5.39. The topological polar surface area (TPSA) is 49.8 Å². The predicted octanol–water partition coefficient (Wildman–Crippen LogP) is 3.28. The van der Waals surface area contributed by atoms with Crippen LogP contribution in [-0.2, 0) is 4.79 Å². The van der Waals surface area contributed by atoms with Crippen LogP contribution in [0.25, 0.3) is 0 Å². The number of rotatable bonds is 5. The van der Waals surface area contributed by atoms with Gasteiger partial charge in [-0.25, -0.2) is 0 Å². The number of carbonyl (C=O) groups is 1. The molecule has 0 amide bonds. The quantitative estimate of drug-likeness (QED) is 0.873. The minimum Gasteiger partial charge on any atom is -0.491 e. The fraction of sp³-hybridized carbons (Fsp3) is 0.500. The lowest BCUT2D eigenvalue weighted by atomic mass is 9.98. The summed E-state index contributed by atoms with van der Waals surface area (Å²) in [6.45, 7) is 2.82. The van der Waals surface area contributed by atoms with Gasteiger partial charge in [-0.1, -0.05) is 11.6 Å². The Balaban J connectivity index is 1.79. The van der Waals surface area contributed by atoms with Crippen molar-refractivity contribution in [1.29, 1.82) is 0 Å². The molecule has 0 unspecified atom stereocenters. The standard InChI is InChI=1S/C14H17BrClNO3/c15-12-8-11(16)3-4-13(12)20-7-6-17-5-1-2-10(9-17)14(18)19/h3-4,8,10H,1-2,5-7,9H2,(H,18,19)/t10-/m1/s1. The van der Waals surface area contributed by atoms with E-state index in [9.17, 15) is 4.79 Å². The fourth-order valence-corrected chi connectivity index (χ4v) is 3.13. The Morgan fingerprint density at radius 2 is 2.35 bits per heavy atom. The molecule has 0 aliphatic carbocycles. The van der Waals surface area contributed by atoms with Crippen LogP contribution in [0.5, 0.6) is 5.75 Å². The van der Waals surface area contributed by atoms with Gasteiger partial charge in [0, 0.05) is 18.1 Å². The third kappa shape index (κ3) is 4.36. The Bertz CT molecular complexity index is 483. The van der Waals surface area contributed by atoms with Crippen molar-refractivity contribution in [2.75, 3.05) is 26.2 Å². The van der Waals surface area contributed by atoms with Crippen LogP contribution in [0.4, 0.5) is 0 Å². The van der Waals surface area contributed by atoms with Crippen LogP contribution in [-0.4, -0.2) is 42.2 Å². The van der Waals surface area contributed by atoms with Crippen molar-refractivity contribution >= 4 is 33.5 Å². The minimum absolute atomic E-state index is 0.244. The molecule has 0 aromatic heterocycles. The molecule has 0 bridgehead atoms. The number of aliphatic carboxylic acids is 1. The zero-order chi connectivity index (χ0) is 14.5. The Kier molecular flexibility index (Phi) is 5.69. The molecule has 1 saturated heterocycles. The molecular formula is C14H17BrClNO3. The molecule has 1 aromatic carbocycles. The SMILES string of the molecule is O=C(O)[C@@H]1CCCN(CCOc2ccc(Cl)cc2Br)C1. The highest BCUT2D eigenvalue weighted by atomic mass is 79.9. The van der Waals surface area contributed by atoms with Crippen molar-refractivity contribution in [3.63, 3.8) is 0 Å². The number of piperidine rings is 1. The third-order valence-corrected chi connectivity index (χ3v) is 4.27. The van der Waals surface area contributed by atoms with E-state index in [-0.39, 0.29) is 5.92 Å². The highest BCUT2D eigenvalue weighted by Gasteiger charge is 2.24. The zero-order valence-corrected chi connectivity index (χ0v) is 13.4. The van der Waals surface area contributed by atoms with Crippen LogP contribution < -0.4 is 4.74 Å². The second kappa shape index (κ2) is 7.29. The summed E-state index contributed by atoms with van der Waals surface area (Å²) >= 11 is 9.27. The summed E-state index contributed by atoms with van der Waals surface area (Å²) in [5, 5.41) is 9.70. The van der Waals surface area contributed by atoms with E-state index in [0.29, 0.717) is 18.2 Å². The van der Waals surface area contributed by atoms with Crippen LogP contribution in [0.1, 0.15) is 12.8 Å². The molecule has 1 aliphatic rings. The molecule has 1 N–H and O–H groups in total. The van der Waals surface area contributed by atoms with E-state index in [1.54, 1.807) is 12.1 Å². The van der Waals surface area contributed by atoms with Crippen molar-refractivity contribution in [2.24, 2.45) is 5.92 Å². The minimum atomic E-state index is -0.698. The molecule has 110 valence electrons. The maximum atomic E-state index is 11.0. The van der Waals surface area contributed by atoms with Crippen molar-refractivity contribution in [2.45, 2.75) is 12.8 Å². The molecular weight excluding hydrogens is 346 g/mol. The van der Waals surface area contributed by atoms with E-state index in [1.165, 1.54) is 0 Å². The molecule has 0 radical (unpaired) electrons. The highest BCUT2D eigenvalue weighted by molar-refractivity contribution is 9.10. The Morgan fingerprint density at radius 1 is 1.55 bits per heavy atom. The number of benzene rings is 1. The zero-order valence-electron chi connectivity index (χ0n) is 11.0. The van der Waals surface area contributed by atoms with Gasteiger partial charge in [-0.05, 0) is 53.5 Å². The summed E-state index contributed by atoms with van der Waals surface area (Å²) in [5.41, 5.74) is 0. The van der Waals surface area contributed by atoms with Crippen molar-refractivity contribution in [3.05, 3.63) is 27.7 Å². The lowest BCUT2D eigenvalue weighted by Crippen LogP contribution is -2.40. The van der Waals surface area contributed by atoms with Gasteiger partial charge in [0.2, 0.25) is 0 Å². The van der Waals surface area contributed by atoms with E-state index in [4.69, 9.17) is 21.4 Å². The Labute approximate surface area is 131 Å². The van der Waals surface area contributed by atoms with Crippen LogP contribution in [0.15, 0.2) is 22.7 Å². The molecule has 0 saturated carbocycles. The lowest BCUT2D eigenvalue weighted by Gasteiger charge is -2.30. The first-order valence-electron chi connectivity index (χ1n) is 6.59. The number of likely N-dealkylation sites (tertiary alicyclic amines) is 1. The van der Waals surface area contributed by atoms with Gasteiger partial charge in [0.25, 0.3) is 0 Å². The molecule has 6 heteroatoms. The first-order chi connectivity index (χ1) is 9.56. The highest BCUT2D eigenvalue weighted by Crippen LogP contribution is 2.28. The molecule has 1 fully saturated rings. The van der Waals surface area contributed by atoms with Gasteiger partial charge in [0.05, 0.1) is 10.4 Å². The number of nitrogens with zero attached hydrogens (tertiary/aromatic N) is 1. The second-order valence-corrected chi connectivity index (χ2v) is 6.19. The largest absolute Gasteiger partial charge is 0.491 e. The first-order valence-corrected chi connectivity index (χ1v) is 7.76. The van der Waals surface area contributed by atoms with Gasteiger partial charge in [0.1, 0.15) is 12.4 Å². The third-order valence-electron chi connectivity index (χ3n) is 3.41. The molecule has 20 heavy (non-hydrogen) atoms. The second-order valence-electron chi connectivity index (χ2n) is 4.90. The normalized spacial score (nSPS) is 19.8. The lowest BCUT2D eigenvalue weighted by molar-refractivity contribution is -0.143. The maximum absolute atomic E-state index is 11.0. The van der Waals surface area contributed by atoms with Crippen LogP contribution in [0.2, 0.25) is 5.02 Å². The maximum Gasteiger partial charge on any atom is 0.307 e. The fourth-order valence-electron chi connectivity index (χ4n) is 2.34. The predicted molar refractivity (Wildman–Crippen MR) is 81.4 cm³/mol. The summed E-state index contributed by atoms with van der Waals surface area (Å²) < 4.78 is 6.52. The van der Waals surface area contributed by atoms with E-state index in [0.717, 1.165) is 36.2 Å². The van der Waals surface area contributed by atoms with Crippen LogP contribution in [0, 0.1) is 5.92 Å². The monoisotopic (exact) mass is 361 g/mol. The number of hydrogen-bond donors (Lipinski definition) is 1. The molecule has 1 atom stereocenters. The Hall–Kier alpha value is -0.780. The molecule has 1 aromatic rings. The van der Waals surface area contributed by atoms with Crippen LogP contribution >= 0.6 is 27.5 Å². The summed E-state index contributed by atoms with van der Waals surface area (Å²) in [6.07, 6.45) is 1.71. The summed E-state index contributed by atoms with van der Waals surface area (Å²) in [7, 11) is 0.